The Bertz CT molecular complexity index is 918. The molecule has 0 saturated carbocycles. The van der Waals surface area contributed by atoms with Crippen molar-refractivity contribution in [3.05, 3.63) is 83.4 Å². The molecule has 3 rings (SSSR count). The molecule has 0 radical (unpaired) electrons. The summed E-state index contributed by atoms with van der Waals surface area (Å²) in [6.45, 7) is 2.49. The highest BCUT2D eigenvalue weighted by molar-refractivity contribution is 5.92. The average molecular weight is 366 g/mol. The zero-order valence-corrected chi connectivity index (χ0v) is 15.7. The van der Waals surface area contributed by atoms with Crippen molar-refractivity contribution in [2.24, 2.45) is 0 Å². The highest BCUT2D eigenvalue weighted by Crippen LogP contribution is 2.18. The molecule has 1 aromatic heterocycles. The normalized spacial score (nSPS) is 12.2. The molecule has 140 valence electrons. The van der Waals surface area contributed by atoms with E-state index >= 15 is 0 Å². The van der Waals surface area contributed by atoms with Gasteiger partial charge in [-0.15, -0.1) is 0 Å². The summed E-state index contributed by atoms with van der Waals surface area (Å²) in [6, 6.07) is 16.2. The summed E-state index contributed by atoms with van der Waals surface area (Å²) in [6.07, 6.45) is 1.58. The molecule has 0 fully saturated rings. The van der Waals surface area contributed by atoms with E-state index in [2.05, 4.69) is 39.6 Å². The van der Waals surface area contributed by atoms with E-state index in [9.17, 15) is 9.18 Å². The van der Waals surface area contributed by atoms with Gasteiger partial charge in [-0.3, -0.25) is 4.79 Å². The molecule has 6 heteroatoms. The van der Waals surface area contributed by atoms with Crippen molar-refractivity contribution in [1.82, 2.24) is 20.0 Å². The van der Waals surface area contributed by atoms with Crippen LogP contribution in [0.15, 0.2) is 60.8 Å². The summed E-state index contributed by atoms with van der Waals surface area (Å²) in [5, 5.41) is 7.12. The van der Waals surface area contributed by atoms with Gasteiger partial charge in [0, 0.05) is 12.7 Å². The van der Waals surface area contributed by atoms with Crippen molar-refractivity contribution in [3.8, 4) is 5.69 Å². The minimum absolute atomic E-state index is 0.0446. The molecule has 1 atom stereocenters. The monoisotopic (exact) mass is 366 g/mol. The molecule has 1 unspecified atom stereocenters. The smallest absolute Gasteiger partial charge is 0.271 e. The number of likely N-dealkylation sites (N-methyl/N-ethyl adjacent to an activating group) is 1. The van der Waals surface area contributed by atoms with Crippen LogP contribution in [0, 0.1) is 12.7 Å². The van der Waals surface area contributed by atoms with Gasteiger partial charge in [0.15, 0.2) is 5.69 Å². The number of amides is 1. The lowest BCUT2D eigenvalue weighted by molar-refractivity contribution is 0.0936. The second-order valence-corrected chi connectivity index (χ2v) is 6.70. The maximum Gasteiger partial charge on any atom is 0.271 e. The first-order chi connectivity index (χ1) is 13.0. The molecular weight excluding hydrogens is 343 g/mol. The van der Waals surface area contributed by atoms with E-state index in [1.165, 1.54) is 16.3 Å². The molecule has 5 nitrogen and oxygen atoms in total. The predicted octanol–water partition coefficient (Wildman–Crippen LogP) is 3.35. The zero-order chi connectivity index (χ0) is 19.4. The lowest BCUT2D eigenvalue weighted by atomic mass is 10.0. The Labute approximate surface area is 158 Å². The van der Waals surface area contributed by atoms with Gasteiger partial charge < -0.3 is 10.2 Å². The van der Waals surface area contributed by atoms with E-state index in [1.54, 1.807) is 30.5 Å². The molecule has 0 saturated heterocycles. The van der Waals surface area contributed by atoms with Crippen molar-refractivity contribution in [2.45, 2.75) is 13.0 Å². The van der Waals surface area contributed by atoms with Crippen LogP contribution in [-0.2, 0) is 0 Å². The number of para-hydroxylation sites is 1. The molecule has 0 aliphatic carbocycles. The van der Waals surface area contributed by atoms with Gasteiger partial charge in [-0.2, -0.15) is 5.10 Å². The molecule has 2 aromatic carbocycles. The van der Waals surface area contributed by atoms with E-state index in [-0.39, 0.29) is 23.5 Å². The maximum atomic E-state index is 13.9. The zero-order valence-electron chi connectivity index (χ0n) is 15.7. The molecule has 0 spiro atoms. The standard InChI is InChI=1S/C21H23FN4O/c1-15-8-10-16(11-9-15)20(25(2)3)14-23-21(27)18-12-13-26(24-18)19-7-5-4-6-17(19)22/h4-13,20H,14H2,1-3H3,(H,23,27). The summed E-state index contributed by atoms with van der Waals surface area (Å²) in [5.41, 5.74) is 2.88. The number of carbonyl (C=O) groups is 1. The Balaban J connectivity index is 1.70. The van der Waals surface area contributed by atoms with Crippen molar-refractivity contribution in [2.75, 3.05) is 20.6 Å². The lowest BCUT2D eigenvalue weighted by Gasteiger charge is -2.25. The summed E-state index contributed by atoms with van der Waals surface area (Å²) in [4.78, 5) is 14.5. The number of hydrogen-bond acceptors (Lipinski definition) is 3. The first kappa shape index (κ1) is 18.8. The molecule has 27 heavy (non-hydrogen) atoms. The van der Waals surface area contributed by atoms with Gasteiger partial charge in [0.05, 0.1) is 6.04 Å². The first-order valence-corrected chi connectivity index (χ1v) is 8.77. The van der Waals surface area contributed by atoms with E-state index in [0.717, 1.165) is 5.56 Å². The molecule has 1 N–H and O–H groups in total. The van der Waals surface area contributed by atoms with Crippen LogP contribution >= 0.6 is 0 Å². The quantitative estimate of drug-likeness (QED) is 0.728. The van der Waals surface area contributed by atoms with Crippen LogP contribution < -0.4 is 5.32 Å². The number of aromatic nitrogens is 2. The molecule has 3 aromatic rings. The van der Waals surface area contributed by atoms with Gasteiger partial charge in [-0.05, 0) is 44.8 Å². The third-order valence-electron chi connectivity index (χ3n) is 4.46. The van der Waals surface area contributed by atoms with Gasteiger partial charge in [-0.25, -0.2) is 9.07 Å². The number of nitrogens with zero attached hydrogens (tertiary/aromatic N) is 3. The Morgan fingerprint density at radius 1 is 1.15 bits per heavy atom. The number of aryl methyl sites for hydroxylation is 1. The number of benzene rings is 2. The molecule has 0 bridgehead atoms. The Morgan fingerprint density at radius 3 is 2.52 bits per heavy atom. The minimum atomic E-state index is -0.389. The van der Waals surface area contributed by atoms with Crippen LogP contribution in [-0.4, -0.2) is 41.2 Å². The number of nitrogens with one attached hydrogen (secondary N) is 1. The van der Waals surface area contributed by atoms with Crippen LogP contribution in [0.3, 0.4) is 0 Å². The Hall–Kier alpha value is -2.99. The average Bonchev–Trinajstić information content (AvgIpc) is 3.13. The summed E-state index contributed by atoms with van der Waals surface area (Å²) >= 11 is 0. The number of rotatable bonds is 6. The SMILES string of the molecule is Cc1ccc(C(CNC(=O)c2ccn(-c3ccccc3F)n2)N(C)C)cc1. The summed E-state index contributed by atoms with van der Waals surface area (Å²) in [5.74, 6) is -0.677. The fourth-order valence-electron chi connectivity index (χ4n) is 2.88. The Kier molecular flexibility index (Phi) is 5.66. The van der Waals surface area contributed by atoms with E-state index in [1.807, 2.05) is 21.0 Å². The van der Waals surface area contributed by atoms with Crippen LogP contribution in [0.1, 0.15) is 27.7 Å². The Morgan fingerprint density at radius 2 is 1.85 bits per heavy atom. The second kappa shape index (κ2) is 8.14. The highest BCUT2D eigenvalue weighted by Gasteiger charge is 2.17. The van der Waals surface area contributed by atoms with Crippen LogP contribution in [0.5, 0.6) is 0 Å². The van der Waals surface area contributed by atoms with Crippen LogP contribution in [0.4, 0.5) is 4.39 Å². The largest absolute Gasteiger partial charge is 0.349 e. The van der Waals surface area contributed by atoms with Gasteiger partial charge in [0.1, 0.15) is 11.5 Å². The van der Waals surface area contributed by atoms with E-state index in [0.29, 0.717) is 12.2 Å². The second-order valence-electron chi connectivity index (χ2n) is 6.70. The highest BCUT2D eigenvalue weighted by atomic mass is 19.1. The fourth-order valence-corrected chi connectivity index (χ4v) is 2.88. The molecular formula is C21H23FN4O. The number of carbonyl (C=O) groups excluding carboxylic acids is 1. The van der Waals surface area contributed by atoms with Gasteiger partial charge >= 0.3 is 0 Å². The summed E-state index contributed by atoms with van der Waals surface area (Å²) in [7, 11) is 3.95. The van der Waals surface area contributed by atoms with Crippen molar-refractivity contribution < 1.29 is 9.18 Å². The van der Waals surface area contributed by atoms with Crippen molar-refractivity contribution in [1.29, 1.82) is 0 Å². The maximum absolute atomic E-state index is 13.9. The minimum Gasteiger partial charge on any atom is -0.349 e. The topological polar surface area (TPSA) is 50.2 Å². The number of halogens is 1. The summed E-state index contributed by atoms with van der Waals surface area (Å²) < 4.78 is 15.2. The third-order valence-corrected chi connectivity index (χ3v) is 4.46. The van der Waals surface area contributed by atoms with Gasteiger partial charge in [-0.1, -0.05) is 42.0 Å². The van der Waals surface area contributed by atoms with Crippen molar-refractivity contribution in [3.63, 3.8) is 0 Å². The van der Waals surface area contributed by atoms with E-state index < -0.39 is 0 Å². The lowest BCUT2D eigenvalue weighted by Crippen LogP contribution is -2.34. The van der Waals surface area contributed by atoms with Crippen LogP contribution in [0.2, 0.25) is 0 Å². The van der Waals surface area contributed by atoms with Crippen LogP contribution in [0.25, 0.3) is 5.69 Å². The predicted molar refractivity (Wildman–Crippen MR) is 103 cm³/mol. The first-order valence-electron chi connectivity index (χ1n) is 8.77. The molecule has 0 aliphatic heterocycles. The fraction of sp³-hybridized carbons (Fsp3) is 0.238. The van der Waals surface area contributed by atoms with Crippen molar-refractivity contribution >= 4 is 5.91 Å². The molecule has 1 heterocycles. The molecule has 0 aliphatic rings. The van der Waals surface area contributed by atoms with Gasteiger partial charge in [0.2, 0.25) is 0 Å². The third kappa shape index (κ3) is 4.41. The van der Waals surface area contributed by atoms with E-state index in [4.69, 9.17) is 0 Å². The molecule has 1 amide bonds. The van der Waals surface area contributed by atoms with Gasteiger partial charge in [0.25, 0.3) is 5.91 Å². The number of hydrogen-bond donors (Lipinski definition) is 1.